The monoisotopic (exact) mass is 267 g/mol. The molecule has 0 bridgehead atoms. The highest BCUT2D eigenvalue weighted by Crippen LogP contribution is 2.23. The van der Waals surface area contributed by atoms with Gasteiger partial charge < -0.3 is 5.32 Å². The van der Waals surface area contributed by atoms with Crippen LogP contribution in [0.1, 0.15) is 25.3 Å². The van der Waals surface area contributed by atoms with Crippen LogP contribution in [0.15, 0.2) is 24.3 Å². The summed E-state index contributed by atoms with van der Waals surface area (Å²) in [6.45, 7) is 2.20. The van der Waals surface area contributed by atoms with Crippen molar-refractivity contribution in [3.8, 4) is 0 Å². The second-order valence-electron chi connectivity index (χ2n) is 3.83. The molecule has 0 aliphatic rings. The van der Waals surface area contributed by atoms with Crippen LogP contribution in [0.2, 0.25) is 5.15 Å². The molecule has 0 aliphatic carbocycles. The molecule has 0 fully saturated rings. The van der Waals surface area contributed by atoms with Crippen LogP contribution in [0.25, 0.3) is 0 Å². The molecule has 0 saturated heterocycles. The van der Waals surface area contributed by atoms with Crippen LogP contribution >= 0.6 is 23.3 Å². The van der Waals surface area contributed by atoms with Crippen LogP contribution in [0, 0.1) is 0 Å². The molecule has 90 valence electrons. The summed E-state index contributed by atoms with van der Waals surface area (Å²) < 4.78 is 7.97. The molecule has 0 spiro atoms. The number of unbranched alkanes of at least 4 members (excludes halogenated alkanes) is 1. The van der Waals surface area contributed by atoms with Gasteiger partial charge in [-0.05, 0) is 30.5 Å². The number of anilines is 2. The molecule has 0 unspecified atom stereocenters. The number of rotatable bonds is 5. The molecule has 1 aromatic heterocycles. The van der Waals surface area contributed by atoms with E-state index in [2.05, 4.69) is 33.1 Å². The minimum atomic E-state index is 0.421. The number of benzene rings is 1. The Balaban J connectivity index is 2.01. The van der Waals surface area contributed by atoms with Crippen molar-refractivity contribution in [1.82, 2.24) is 8.75 Å². The fourth-order valence-corrected chi connectivity index (χ4v) is 2.17. The van der Waals surface area contributed by atoms with Crippen molar-refractivity contribution in [2.45, 2.75) is 26.2 Å². The molecule has 0 saturated carbocycles. The number of hydrogen-bond acceptors (Lipinski definition) is 4. The molecular formula is C12H14ClN3S. The van der Waals surface area contributed by atoms with Crippen molar-refractivity contribution in [2.75, 3.05) is 5.32 Å². The predicted molar refractivity (Wildman–Crippen MR) is 73.3 cm³/mol. The van der Waals surface area contributed by atoms with E-state index in [1.165, 1.54) is 18.4 Å². The Kier molecular flexibility index (Phi) is 4.34. The molecule has 1 heterocycles. The molecule has 0 radical (unpaired) electrons. The van der Waals surface area contributed by atoms with E-state index in [0.717, 1.165) is 23.8 Å². The number of halogens is 1. The molecule has 0 atom stereocenters. The highest BCUT2D eigenvalue weighted by Gasteiger charge is 2.04. The number of nitrogens with zero attached hydrogens (tertiary/aromatic N) is 2. The summed E-state index contributed by atoms with van der Waals surface area (Å²) in [6, 6.07) is 8.35. The molecule has 0 aliphatic heterocycles. The molecule has 5 heteroatoms. The first kappa shape index (κ1) is 12.3. The van der Waals surface area contributed by atoms with Gasteiger partial charge in [-0.3, -0.25) is 0 Å². The molecule has 2 rings (SSSR count). The Morgan fingerprint density at radius 1 is 1.24 bits per heavy atom. The summed E-state index contributed by atoms with van der Waals surface area (Å²) >= 11 is 6.97. The summed E-state index contributed by atoms with van der Waals surface area (Å²) in [6.07, 6.45) is 3.59. The van der Waals surface area contributed by atoms with Crippen LogP contribution < -0.4 is 5.32 Å². The fraction of sp³-hybridized carbons (Fsp3) is 0.333. The normalized spacial score (nSPS) is 10.5. The van der Waals surface area contributed by atoms with E-state index in [1.807, 2.05) is 12.1 Å². The number of nitrogens with one attached hydrogen (secondary N) is 1. The van der Waals surface area contributed by atoms with Gasteiger partial charge in [0.15, 0.2) is 11.0 Å². The van der Waals surface area contributed by atoms with Gasteiger partial charge in [-0.25, -0.2) is 0 Å². The first-order valence-electron chi connectivity index (χ1n) is 5.63. The maximum atomic E-state index is 5.86. The molecule has 3 nitrogen and oxygen atoms in total. The second-order valence-corrected chi connectivity index (χ2v) is 4.72. The Labute approximate surface area is 110 Å². The Bertz CT molecular complexity index is 467. The minimum absolute atomic E-state index is 0.421. The van der Waals surface area contributed by atoms with Gasteiger partial charge in [0, 0.05) is 5.69 Å². The average Bonchev–Trinajstić information content (AvgIpc) is 2.74. The van der Waals surface area contributed by atoms with E-state index in [1.54, 1.807) is 0 Å². The number of aryl methyl sites for hydroxylation is 1. The Morgan fingerprint density at radius 3 is 2.59 bits per heavy atom. The van der Waals surface area contributed by atoms with Crippen molar-refractivity contribution in [2.24, 2.45) is 0 Å². The number of aromatic nitrogens is 2. The van der Waals surface area contributed by atoms with Crippen LogP contribution in [0.3, 0.4) is 0 Å². The summed E-state index contributed by atoms with van der Waals surface area (Å²) in [5, 5.41) is 3.56. The van der Waals surface area contributed by atoms with E-state index < -0.39 is 0 Å². The van der Waals surface area contributed by atoms with Gasteiger partial charge in [-0.2, -0.15) is 8.75 Å². The third kappa shape index (κ3) is 3.41. The molecule has 17 heavy (non-hydrogen) atoms. The van der Waals surface area contributed by atoms with E-state index in [4.69, 9.17) is 11.6 Å². The smallest absolute Gasteiger partial charge is 0.187 e. The zero-order chi connectivity index (χ0) is 12.1. The summed E-state index contributed by atoms with van der Waals surface area (Å²) in [5.74, 6) is 0.623. The lowest BCUT2D eigenvalue weighted by atomic mass is 10.1. The van der Waals surface area contributed by atoms with Crippen molar-refractivity contribution >= 4 is 34.8 Å². The van der Waals surface area contributed by atoms with Gasteiger partial charge in [0.2, 0.25) is 0 Å². The van der Waals surface area contributed by atoms with Crippen molar-refractivity contribution in [3.05, 3.63) is 35.0 Å². The van der Waals surface area contributed by atoms with Crippen LogP contribution in [0.5, 0.6) is 0 Å². The van der Waals surface area contributed by atoms with E-state index in [-0.39, 0.29) is 0 Å². The third-order valence-electron chi connectivity index (χ3n) is 2.48. The lowest BCUT2D eigenvalue weighted by molar-refractivity contribution is 0.795. The standard InChI is InChI=1S/C12H14ClN3S/c1-2-3-4-9-5-7-10(8-6-9)14-12-11(13)15-17-16-12/h5-8H,2-4H2,1H3,(H,14,16). The lowest BCUT2D eigenvalue weighted by Gasteiger charge is -2.04. The Hall–Kier alpha value is -1.13. The highest BCUT2D eigenvalue weighted by atomic mass is 35.5. The van der Waals surface area contributed by atoms with E-state index >= 15 is 0 Å². The predicted octanol–water partition coefficient (Wildman–Crippen LogP) is 4.28. The fourth-order valence-electron chi connectivity index (χ4n) is 1.52. The van der Waals surface area contributed by atoms with Gasteiger partial charge in [-0.1, -0.05) is 37.1 Å². The third-order valence-corrected chi connectivity index (χ3v) is 3.38. The van der Waals surface area contributed by atoms with Crippen LogP contribution in [-0.2, 0) is 6.42 Å². The van der Waals surface area contributed by atoms with Gasteiger partial charge in [0.05, 0.1) is 11.7 Å². The van der Waals surface area contributed by atoms with Crippen LogP contribution in [0.4, 0.5) is 11.5 Å². The average molecular weight is 268 g/mol. The lowest BCUT2D eigenvalue weighted by Crippen LogP contribution is -1.92. The topological polar surface area (TPSA) is 37.8 Å². The van der Waals surface area contributed by atoms with Gasteiger partial charge in [0.25, 0.3) is 0 Å². The van der Waals surface area contributed by atoms with Gasteiger partial charge in [-0.15, -0.1) is 0 Å². The maximum Gasteiger partial charge on any atom is 0.187 e. The summed E-state index contributed by atoms with van der Waals surface area (Å²) in [5.41, 5.74) is 2.35. The SMILES string of the molecule is CCCCc1ccc(Nc2nsnc2Cl)cc1. The van der Waals surface area contributed by atoms with Crippen molar-refractivity contribution < 1.29 is 0 Å². The zero-order valence-electron chi connectivity index (χ0n) is 9.61. The quantitative estimate of drug-likeness (QED) is 0.879. The van der Waals surface area contributed by atoms with Crippen molar-refractivity contribution in [1.29, 1.82) is 0 Å². The second kappa shape index (κ2) is 5.98. The zero-order valence-corrected chi connectivity index (χ0v) is 11.2. The summed E-state index contributed by atoms with van der Waals surface area (Å²) in [7, 11) is 0. The molecular weight excluding hydrogens is 254 g/mol. The van der Waals surface area contributed by atoms with Crippen LogP contribution in [-0.4, -0.2) is 8.75 Å². The van der Waals surface area contributed by atoms with E-state index in [0.29, 0.717) is 11.0 Å². The Morgan fingerprint density at radius 2 is 2.00 bits per heavy atom. The molecule has 1 N–H and O–H groups in total. The molecule has 0 amide bonds. The first-order chi connectivity index (χ1) is 8.29. The van der Waals surface area contributed by atoms with E-state index in [9.17, 15) is 0 Å². The van der Waals surface area contributed by atoms with Crippen molar-refractivity contribution in [3.63, 3.8) is 0 Å². The van der Waals surface area contributed by atoms with Gasteiger partial charge in [0.1, 0.15) is 0 Å². The molecule has 1 aromatic carbocycles. The minimum Gasteiger partial charge on any atom is -0.337 e. The number of hydrogen-bond donors (Lipinski definition) is 1. The summed E-state index contributed by atoms with van der Waals surface area (Å²) in [4.78, 5) is 0. The first-order valence-corrected chi connectivity index (χ1v) is 6.74. The largest absolute Gasteiger partial charge is 0.337 e. The highest BCUT2D eigenvalue weighted by molar-refractivity contribution is 6.99. The molecule has 2 aromatic rings. The van der Waals surface area contributed by atoms with Gasteiger partial charge >= 0.3 is 0 Å². The maximum absolute atomic E-state index is 5.86.